The van der Waals surface area contributed by atoms with E-state index in [4.69, 9.17) is 9.79 Å². The summed E-state index contributed by atoms with van der Waals surface area (Å²) in [7, 11) is -4.05. The van der Waals surface area contributed by atoms with Crippen LogP contribution in [0.3, 0.4) is 0 Å². The molecule has 1 rings (SSSR count). The Morgan fingerprint density at radius 2 is 1.56 bits per heavy atom. The third-order valence-corrected chi connectivity index (χ3v) is 5.67. The number of hydrogen-bond acceptors (Lipinski definition) is 3. The standard InChI is InChI=1S/C6H14O7P2S/c7-14(8,9)12-13-15(10,11)16-6-4-2-1-3-5-6/h6H,1-5H2,(H3-,7,8,9,10,11)/p+1. The van der Waals surface area contributed by atoms with E-state index in [1.54, 1.807) is 0 Å². The maximum absolute atomic E-state index is 10.3. The van der Waals surface area contributed by atoms with Crippen molar-refractivity contribution in [3.8, 4) is 0 Å². The molecule has 0 aromatic rings. The Balaban J connectivity index is 2.53. The minimum atomic E-state index is -4.84. The van der Waals surface area contributed by atoms with Gasteiger partial charge in [0.15, 0.2) is 5.25 Å². The van der Waals surface area contributed by atoms with Gasteiger partial charge < -0.3 is 9.79 Å². The molecule has 1 saturated carbocycles. The van der Waals surface area contributed by atoms with E-state index in [9.17, 15) is 14.4 Å². The second-order valence-electron chi connectivity index (χ2n) is 3.50. The Morgan fingerprint density at radius 3 is 2.06 bits per heavy atom. The maximum Gasteiger partial charge on any atom is 0.546 e. The van der Waals surface area contributed by atoms with E-state index < -0.39 is 14.5 Å². The normalized spacial score (nSPS) is 19.8. The van der Waals surface area contributed by atoms with Crippen molar-refractivity contribution in [3.05, 3.63) is 0 Å². The second-order valence-corrected chi connectivity index (χ2v) is 8.69. The highest BCUT2D eigenvalue weighted by Crippen LogP contribution is 2.48. The van der Waals surface area contributed by atoms with Gasteiger partial charge in [0.1, 0.15) is 0 Å². The molecule has 0 unspecified atom stereocenters. The van der Waals surface area contributed by atoms with Crippen LogP contribution in [-0.4, -0.2) is 24.8 Å². The molecule has 0 atom stereocenters. The van der Waals surface area contributed by atoms with Crippen molar-refractivity contribution in [2.24, 2.45) is 0 Å². The van der Waals surface area contributed by atoms with Crippen LogP contribution < -0.4 is 0 Å². The van der Waals surface area contributed by atoms with E-state index in [1.165, 1.54) is 0 Å². The first-order valence-corrected chi connectivity index (χ1v) is 9.38. The minimum absolute atomic E-state index is 0.0393. The summed E-state index contributed by atoms with van der Waals surface area (Å²) in [6, 6.07) is 0. The predicted molar refractivity (Wildman–Crippen MR) is 59.8 cm³/mol. The Labute approximate surface area is 96.8 Å². The monoisotopic (exact) mass is 293 g/mol. The zero-order chi connectivity index (χ0) is 12.2. The largest absolute Gasteiger partial charge is 0.546 e. The van der Waals surface area contributed by atoms with Crippen LogP contribution in [0.5, 0.6) is 0 Å². The van der Waals surface area contributed by atoms with Gasteiger partial charge in [-0.05, 0) is 12.8 Å². The molecule has 1 aliphatic carbocycles. The van der Waals surface area contributed by atoms with Crippen molar-refractivity contribution in [2.75, 3.05) is 0 Å². The summed E-state index contributed by atoms with van der Waals surface area (Å²) in [5.74, 6) is 0. The van der Waals surface area contributed by atoms with Gasteiger partial charge in [-0.3, -0.25) is 9.79 Å². The van der Waals surface area contributed by atoms with E-state index in [0.717, 1.165) is 43.0 Å². The lowest BCUT2D eigenvalue weighted by Crippen LogP contribution is -2.11. The number of rotatable bonds is 4. The van der Waals surface area contributed by atoms with Crippen LogP contribution in [0.25, 0.3) is 0 Å². The highest BCUT2D eigenvalue weighted by atomic mass is 32.5. The fourth-order valence-electron chi connectivity index (χ4n) is 1.47. The molecular formula is C6H15O7P2S+. The molecule has 1 aliphatic rings. The van der Waals surface area contributed by atoms with Crippen LogP contribution >= 0.6 is 14.5 Å². The molecule has 0 heterocycles. The Bertz CT molecular complexity index is 315. The molecule has 0 bridgehead atoms. The summed E-state index contributed by atoms with van der Waals surface area (Å²) < 4.78 is 18.0. The van der Waals surface area contributed by atoms with Gasteiger partial charge in [0, 0.05) is 12.8 Å². The van der Waals surface area contributed by atoms with E-state index in [-0.39, 0.29) is 5.25 Å². The van der Waals surface area contributed by atoms with Gasteiger partial charge in [0.25, 0.3) is 0 Å². The van der Waals surface area contributed by atoms with Gasteiger partial charge in [-0.15, -0.1) is 9.35 Å². The minimum Gasteiger partial charge on any atom is -0.301 e. The number of phosphoric acid groups is 1. The fraction of sp³-hybridized carbons (Fsp3) is 1.00. The van der Waals surface area contributed by atoms with Gasteiger partial charge >= 0.3 is 14.5 Å². The Kier molecular flexibility index (Phi) is 5.51. The van der Waals surface area contributed by atoms with Crippen LogP contribution in [0.1, 0.15) is 32.1 Å². The predicted octanol–water partition coefficient (Wildman–Crippen LogP) is 1.10. The summed E-state index contributed by atoms with van der Waals surface area (Å²) in [4.78, 5) is 35.4. The molecule has 16 heavy (non-hydrogen) atoms. The Hall–Kier alpha value is 0.640. The zero-order valence-corrected chi connectivity index (χ0v) is 11.0. The lowest BCUT2D eigenvalue weighted by molar-refractivity contribution is -0.132. The van der Waals surface area contributed by atoms with Crippen LogP contribution in [0.2, 0.25) is 0 Å². The number of hydrogen-bond donors (Lipinski definition) is 4. The molecule has 0 aliphatic heterocycles. The van der Waals surface area contributed by atoms with Gasteiger partial charge in [0.05, 0.1) is 0 Å². The van der Waals surface area contributed by atoms with Crippen molar-refractivity contribution in [2.45, 2.75) is 37.4 Å². The van der Waals surface area contributed by atoms with Crippen LogP contribution in [0, 0.1) is 0 Å². The van der Waals surface area contributed by atoms with Gasteiger partial charge in [-0.25, -0.2) is 4.57 Å². The van der Waals surface area contributed by atoms with E-state index >= 15 is 0 Å². The molecular weight excluding hydrogens is 278 g/mol. The smallest absolute Gasteiger partial charge is 0.301 e. The molecule has 0 spiro atoms. The molecule has 96 valence electrons. The lowest BCUT2D eigenvalue weighted by Gasteiger charge is -2.11. The molecule has 1 fully saturated rings. The molecule has 0 amide bonds. The first-order chi connectivity index (χ1) is 7.29. The topological polar surface area (TPSA) is 116 Å². The molecule has 0 radical (unpaired) electrons. The van der Waals surface area contributed by atoms with Crippen LogP contribution in [0.4, 0.5) is 0 Å². The third kappa shape index (κ3) is 6.39. The van der Waals surface area contributed by atoms with Crippen molar-refractivity contribution < 1.29 is 33.5 Å². The van der Waals surface area contributed by atoms with Crippen molar-refractivity contribution in [1.82, 2.24) is 0 Å². The van der Waals surface area contributed by atoms with Crippen LogP contribution in [-0.2, 0) is 24.9 Å². The van der Waals surface area contributed by atoms with Gasteiger partial charge in [0.2, 0.25) is 10.9 Å². The highest BCUT2D eigenvalue weighted by Gasteiger charge is 2.36. The molecule has 10 heteroatoms. The second kappa shape index (κ2) is 6.00. The Morgan fingerprint density at radius 1 is 1.00 bits per heavy atom. The fourth-order valence-corrected chi connectivity index (χ4v) is 5.28. The summed E-state index contributed by atoms with van der Waals surface area (Å²) >= 11 is 0. The summed E-state index contributed by atoms with van der Waals surface area (Å²) in [6.07, 6.45) is 4.83. The zero-order valence-electron chi connectivity index (χ0n) is 8.43. The average molecular weight is 293 g/mol. The van der Waals surface area contributed by atoms with Crippen molar-refractivity contribution in [1.29, 1.82) is 0 Å². The quantitative estimate of drug-likeness (QED) is 0.265. The van der Waals surface area contributed by atoms with E-state index in [1.807, 2.05) is 0 Å². The van der Waals surface area contributed by atoms with Gasteiger partial charge in [-0.1, -0.05) is 6.42 Å². The molecule has 7 nitrogen and oxygen atoms in total. The third-order valence-electron chi connectivity index (χ3n) is 2.07. The summed E-state index contributed by atoms with van der Waals surface area (Å²) in [5, 5.41) is 0.0393. The molecule has 0 saturated heterocycles. The van der Waals surface area contributed by atoms with Crippen LogP contribution in [0.15, 0.2) is 0 Å². The lowest BCUT2D eigenvalue weighted by atomic mass is 10.0. The van der Waals surface area contributed by atoms with Crippen molar-refractivity contribution in [3.63, 3.8) is 0 Å². The average Bonchev–Trinajstić information content (AvgIpc) is 2.15. The summed E-state index contributed by atoms with van der Waals surface area (Å²) in [6.45, 7) is -3.91. The van der Waals surface area contributed by atoms with E-state index in [2.05, 4.69) is 9.35 Å². The highest BCUT2D eigenvalue weighted by molar-refractivity contribution is 8.17. The molecule has 0 aromatic heterocycles. The van der Waals surface area contributed by atoms with E-state index in [0.29, 0.717) is 0 Å². The van der Waals surface area contributed by atoms with Crippen molar-refractivity contribution >= 4 is 25.5 Å². The molecule has 4 N–H and O–H groups in total. The first-order valence-electron chi connectivity index (χ1n) is 4.75. The SMILES string of the molecule is O=P(O)(O)OOP(O)(O)=[S+]C1CCCCC1. The maximum atomic E-state index is 10.3. The summed E-state index contributed by atoms with van der Waals surface area (Å²) in [5.41, 5.74) is 0. The molecule has 0 aromatic carbocycles. The first kappa shape index (κ1) is 14.7. The van der Waals surface area contributed by atoms with Gasteiger partial charge in [-0.2, -0.15) is 0 Å².